The number of carbonyl (C=O) groups excluding carboxylic acids is 4. The van der Waals surface area contributed by atoms with E-state index in [9.17, 15) is 19.2 Å². The van der Waals surface area contributed by atoms with Crippen LogP contribution in [0.3, 0.4) is 0 Å². The van der Waals surface area contributed by atoms with Gasteiger partial charge in [0.1, 0.15) is 6.04 Å². The van der Waals surface area contributed by atoms with Gasteiger partial charge in [0.15, 0.2) is 0 Å². The number of thioether (sulfide) groups is 1. The van der Waals surface area contributed by atoms with Crippen molar-refractivity contribution in [3.8, 4) is 0 Å². The van der Waals surface area contributed by atoms with Crippen molar-refractivity contribution in [1.29, 1.82) is 0 Å². The van der Waals surface area contributed by atoms with E-state index in [1.807, 2.05) is 6.26 Å². The average Bonchev–Trinajstić information content (AvgIpc) is 3.00. The van der Waals surface area contributed by atoms with Crippen LogP contribution in [0.5, 0.6) is 0 Å². The Morgan fingerprint density at radius 2 is 1.81 bits per heavy atom. The molecule has 1 saturated carbocycles. The number of nitrogens with one attached hydrogen (secondary N) is 1. The third kappa shape index (κ3) is 4.90. The normalized spacial score (nSPS) is 21.6. The summed E-state index contributed by atoms with van der Waals surface area (Å²) in [4.78, 5) is 54.2. The minimum atomic E-state index is -0.873. The molecule has 0 aromatic heterocycles. The van der Waals surface area contributed by atoms with Crippen LogP contribution in [-0.4, -0.2) is 65.6 Å². The lowest BCUT2D eigenvalue weighted by Crippen LogP contribution is -2.48. The van der Waals surface area contributed by atoms with Gasteiger partial charge in [0.2, 0.25) is 17.7 Å². The molecule has 7 nitrogen and oxygen atoms in total. The van der Waals surface area contributed by atoms with Crippen molar-refractivity contribution >= 4 is 52.7 Å². The summed E-state index contributed by atoms with van der Waals surface area (Å²) in [7, 11) is 3.23. The second kappa shape index (κ2) is 10.0. The van der Waals surface area contributed by atoms with E-state index in [1.165, 1.54) is 15.9 Å². The summed E-state index contributed by atoms with van der Waals surface area (Å²) in [5.74, 6) is -1.13. The lowest BCUT2D eigenvalue weighted by molar-refractivity contribution is -0.146. The summed E-state index contributed by atoms with van der Waals surface area (Å²) in [5, 5.41) is 3.07. The van der Waals surface area contributed by atoms with Crippen LogP contribution in [0.4, 0.5) is 5.69 Å². The molecule has 168 valence electrons. The molecule has 0 radical (unpaired) electrons. The monoisotopic (exact) mass is 465 g/mol. The summed E-state index contributed by atoms with van der Waals surface area (Å²) < 4.78 is 0. The fourth-order valence-electron chi connectivity index (χ4n) is 4.34. The van der Waals surface area contributed by atoms with Gasteiger partial charge in [-0.05, 0) is 49.5 Å². The Balaban J connectivity index is 1.84. The molecule has 9 heteroatoms. The first-order valence-electron chi connectivity index (χ1n) is 10.4. The van der Waals surface area contributed by atoms with Crippen LogP contribution in [0, 0.1) is 11.8 Å². The fourth-order valence-corrected chi connectivity index (χ4v) is 4.99. The molecule has 1 N–H and O–H groups in total. The number of imide groups is 1. The first-order valence-corrected chi connectivity index (χ1v) is 12.2. The minimum Gasteiger partial charge on any atom is -0.345 e. The lowest BCUT2D eigenvalue weighted by Gasteiger charge is -2.26. The molecule has 1 aliphatic heterocycles. The van der Waals surface area contributed by atoms with Gasteiger partial charge in [-0.15, -0.1) is 0 Å². The van der Waals surface area contributed by atoms with E-state index >= 15 is 0 Å². The van der Waals surface area contributed by atoms with Crippen LogP contribution >= 0.6 is 23.4 Å². The molecule has 3 atom stereocenters. The van der Waals surface area contributed by atoms with Crippen molar-refractivity contribution in [1.82, 2.24) is 9.80 Å². The maximum Gasteiger partial charge on any atom is 0.254 e. The fraction of sp³-hybridized carbons (Fsp3) is 0.545. The van der Waals surface area contributed by atoms with E-state index in [-0.39, 0.29) is 40.1 Å². The Hall–Kier alpha value is -2.06. The number of hydrogen-bond donors (Lipinski definition) is 1. The van der Waals surface area contributed by atoms with Crippen LogP contribution in [-0.2, 0) is 14.4 Å². The maximum atomic E-state index is 13.2. The maximum absolute atomic E-state index is 13.2. The third-order valence-corrected chi connectivity index (χ3v) is 6.93. The largest absolute Gasteiger partial charge is 0.345 e. The number of fused-ring (bicyclic) bond motifs is 1. The van der Waals surface area contributed by atoms with E-state index in [1.54, 1.807) is 38.0 Å². The number of anilines is 1. The van der Waals surface area contributed by atoms with Crippen LogP contribution in [0.25, 0.3) is 0 Å². The molecule has 1 aromatic carbocycles. The summed E-state index contributed by atoms with van der Waals surface area (Å²) in [6, 6.07) is 3.79. The van der Waals surface area contributed by atoms with Crippen molar-refractivity contribution in [2.45, 2.75) is 38.1 Å². The topological polar surface area (TPSA) is 86.8 Å². The zero-order valence-electron chi connectivity index (χ0n) is 18.0. The predicted octanol–water partition coefficient (Wildman–Crippen LogP) is 3.28. The molecule has 3 unspecified atom stereocenters. The number of benzene rings is 1. The molecular weight excluding hydrogens is 438 g/mol. The number of halogens is 1. The minimum absolute atomic E-state index is 0.226. The quantitative estimate of drug-likeness (QED) is 0.624. The van der Waals surface area contributed by atoms with Crippen LogP contribution < -0.4 is 5.32 Å². The van der Waals surface area contributed by atoms with E-state index in [0.29, 0.717) is 30.7 Å². The lowest BCUT2D eigenvalue weighted by atomic mass is 9.81. The van der Waals surface area contributed by atoms with Crippen molar-refractivity contribution in [3.63, 3.8) is 0 Å². The Bertz CT molecular complexity index is 868. The molecule has 2 fully saturated rings. The van der Waals surface area contributed by atoms with Gasteiger partial charge in [-0.2, -0.15) is 11.8 Å². The number of nitrogens with zero attached hydrogens (tertiary/aromatic N) is 2. The second-order valence-electron chi connectivity index (χ2n) is 8.22. The van der Waals surface area contributed by atoms with E-state index in [4.69, 9.17) is 11.6 Å². The third-order valence-electron chi connectivity index (χ3n) is 5.96. The van der Waals surface area contributed by atoms with Crippen LogP contribution in [0.1, 0.15) is 42.5 Å². The molecular formula is C22H28ClN3O4S. The number of hydrogen-bond acceptors (Lipinski definition) is 5. The summed E-state index contributed by atoms with van der Waals surface area (Å²) in [5.41, 5.74) is 0.662. The number of amides is 4. The molecule has 31 heavy (non-hydrogen) atoms. The van der Waals surface area contributed by atoms with Crippen LogP contribution in [0.2, 0.25) is 5.02 Å². The molecule has 1 aromatic rings. The highest BCUT2D eigenvalue weighted by molar-refractivity contribution is 7.98. The van der Waals surface area contributed by atoms with Gasteiger partial charge < -0.3 is 10.2 Å². The van der Waals surface area contributed by atoms with Gasteiger partial charge in [0, 0.05) is 19.8 Å². The van der Waals surface area contributed by atoms with Crippen molar-refractivity contribution in [2.24, 2.45) is 11.8 Å². The molecule has 2 aliphatic rings. The van der Waals surface area contributed by atoms with Crippen molar-refractivity contribution in [2.75, 3.05) is 31.4 Å². The Morgan fingerprint density at radius 1 is 1.19 bits per heavy atom. The van der Waals surface area contributed by atoms with Crippen LogP contribution in [0.15, 0.2) is 18.2 Å². The summed E-state index contributed by atoms with van der Waals surface area (Å²) in [6.45, 7) is 0. The first-order chi connectivity index (χ1) is 14.8. The van der Waals surface area contributed by atoms with Crippen molar-refractivity contribution < 1.29 is 19.2 Å². The highest BCUT2D eigenvalue weighted by Gasteiger charge is 2.51. The van der Waals surface area contributed by atoms with Gasteiger partial charge in [0.05, 0.1) is 22.4 Å². The smallest absolute Gasteiger partial charge is 0.254 e. The zero-order valence-corrected chi connectivity index (χ0v) is 19.6. The highest BCUT2D eigenvalue weighted by atomic mass is 35.5. The second-order valence-corrected chi connectivity index (χ2v) is 9.62. The Kier molecular flexibility index (Phi) is 7.64. The standard InChI is InChI=1S/C22H28ClN3O4S/c1-25(2)20(28)16-12-13(8-9-17(16)23)24-19(27)18(10-11-31-3)26-21(29)14-6-4-5-7-15(14)22(26)30/h8-9,12,14-15,18H,4-7,10-11H2,1-3H3,(H,24,27). The van der Waals surface area contributed by atoms with Gasteiger partial charge in [-0.1, -0.05) is 24.4 Å². The molecule has 4 amide bonds. The van der Waals surface area contributed by atoms with Gasteiger partial charge in [-0.3, -0.25) is 24.1 Å². The summed E-state index contributed by atoms with van der Waals surface area (Å²) in [6.07, 6.45) is 5.57. The SMILES string of the molecule is CSCCC(C(=O)Nc1ccc(Cl)c(C(=O)N(C)C)c1)N1C(=O)C2CCCCC2C1=O. The van der Waals surface area contributed by atoms with E-state index in [0.717, 1.165) is 12.8 Å². The molecule has 1 aliphatic carbocycles. The first kappa shape index (κ1) is 23.6. The summed E-state index contributed by atoms with van der Waals surface area (Å²) >= 11 is 7.71. The Morgan fingerprint density at radius 3 is 2.35 bits per heavy atom. The van der Waals surface area contributed by atoms with Gasteiger partial charge >= 0.3 is 0 Å². The number of carbonyl (C=O) groups is 4. The van der Waals surface area contributed by atoms with Gasteiger partial charge in [0.25, 0.3) is 5.91 Å². The number of rotatable bonds is 7. The Labute approximate surface area is 191 Å². The zero-order chi connectivity index (χ0) is 22.7. The molecule has 3 rings (SSSR count). The van der Waals surface area contributed by atoms with E-state index in [2.05, 4.69) is 5.32 Å². The number of likely N-dealkylation sites (tertiary alicyclic amines) is 1. The molecule has 0 spiro atoms. The van der Waals surface area contributed by atoms with Gasteiger partial charge in [-0.25, -0.2) is 0 Å². The highest BCUT2D eigenvalue weighted by Crippen LogP contribution is 2.39. The predicted molar refractivity (Wildman–Crippen MR) is 122 cm³/mol. The van der Waals surface area contributed by atoms with E-state index < -0.39 is 11.9 Å². The molecule has 1 heterocycles. The average molecular weight is 466 g/mol. The molecule has 1 saturated heterocycles. The molecule has 0 bridgehead atoms. The van der Waals surface area contributed by atoms with Crippen molar-refractivity contribution in [3.05, 3.63) is 28.8 Å².